The molecule has 37 heavy (non-hydrogen) atoms. The van der Waals surface area contributed by atoms with Crippen molar-refractivity contribution in [2.45, 2.75) is 43.1 Å². The van der Waals surface area contributed by atoms with Crippen molar-refractivity contribution in [3.8, 4) is 11.1 Å². The normalized spacial score (nSPS) is 19.6. The summed E-state index contributed by atoms with van der Waals surface area (Å²) in [5, 5.41) is 22.2. The van der Waals surface area contributed by atoms with Crippen LogP contribution in [-0.2, 0) is 22.6 Å². The lowest BCUT2D eigenvalue weighted by molar-refractivity contribution is -0.645. The molecule has 0 amide bonds. The smallest absolute Gasteiger partial charge is 0.251 e. The van der Waals surface area contributed by atoms with Crippen molar-refractivity contribution in [1.82, 2.24) is 0 Å². The van der Waals surface area contributed by atoms with Crippen LogP contribution in [0.5, 0.6) is 0 Å². The molecule has 7 heteroatoms. The maximum absolute atomic E-state index is 12.1. The van der Waals surface area contributed by atoms with Gasteiger partial charge in [-0.3, -0.25) is 0 Å². The summed E-state index contributed by atoms with van der Waals surface area (Å²) in [5.74, 6) is 0.626. The standard InChI is InChI=1S/C30H30N2O4S/c31-18-22-4-3-5-26(16-22)23-11-13-25(14-12-23)30-35-27(20-37-29-6-1-2-15-32(29)34)17-28(36-30)24-9-7-21(19-33)8-10-24/h1-16,27-28,30,33H,17-20,31H2/t27-,28+,30+/m1/s1. The van der Waals surface area contributed by atoms with Gasteiger partial charge in [0, 0.05) is 36.4 Å². The Bertz CT molecular complexity index is 1310. The van der Waals surface area contributed by atoms with Gasteiger partial charge < -0.3 is 25.5 Å². The first-order chi connectivity index (χ1) is 18.1. The van der Waals surface area contributed by atoms with Gasteiger partial charge in [-0.05, 0) is 39.9 Å². The minimum absolute atomic E-state index is 0.00358. The van der Waals surface area contributed by atoms with E-state index in [9.17, 15) is 10.3 Å². The number of nitrogens with two attached hydrogens (primary N) is 1. The van der Waals surface area contributed by atoms with Crippen LogP contribution in [0, 0.1) is 5.21 Å². The third kappa shape index (κ3) is 6.21. The highest BCUT2D eigenvalue weighted by Gasteiger charge is 2.32. The van der Waals surface area contributed by atoms with Gasteiger partial charge in [0.25, 0.3) is 5.03 Å². The van der Waals surface area contributed by atoms with E-state index in [1.165, 1.54) is 18.0 Å². The van der Waals surface area contributed by atoms with Crippen LogP contribution in [0.2, 0.25) is 0 Å². The van der Waals surface area contributed by atoms with E-state index in [0.717, 1.165) is 38.1 Å². The zero-order valence-electron chi connectivity index (χ0n) is 20.4. The third-order valence-corrected chi connectivity index (χ3v) is 7.65. The van der Waals surface area contributed by atoms with Gasteiger partial charge in [0.2, 0.25) is 0 Å². The molecular formula is C30H30N2O4S. The van der Waals surface area contributed by atoms with Crippen molar-refractivity contribution in [1.29, 1.82) is 0 Å². The van der Waals surface area contributed by atoms with Gasteiger partial charge in [-0.1, -0.05) is 78.5 Å². The lowest BCUT2D eigenvalue weighted by Crippen LogP contribution is -2.32. The molecule has 0 spiro atoms. The summed E-state index contributed by atoms with van der Waals surface area (Å²) in [7, 11) is 0. The maximum Gasteiger partial charge on any atom is 0.251 e. The number of aliphatic hydroxyl groups is 1. The van der Waals surface area contributed by atoms with Crippen LogP contribution in [0.4, 0.5) is 0 Å². The quantitative estimate of drug-likeness (QED) is 0.189. The molecule has 3 N–H and O–H groups in total. The molecule has 6 nitrogen and oxygen atoms in total. The summed E-state index contributed by atoms with van der Waals surface area (Å²) >= 11 is 1.48. The molecule has 190 valence electrons. The summed E-state index contributed by atoms with van der Waals surface area (Å²) < 4.78 is 13.7. The Hall–Kier alpha value is -3.20. The summed E-state index contributed by atoms with van der Waals surface area (Å²) in [6.45, 7) is 0.509. The van der Waals surface area contributed by atoms with Gasteiger partial charge in [-0.15, -0.1) is 0 Å². The minimum Gasteiger partial charge on any atom is -0.618 e. The Labute approximate surface area is 221 Å². The number of rotatable bonds is 8. The van der Waals surface area contributed by atoms with Crippen molar-refractivity contribution in [2.24, 2.45) is 5.73 Å². The van der Waals surface area contributed by atoms with E-state index in [-0.39, 0.29) is 18.8 Å². The van der Waals surface area contributed by atoms with Crippen molar-refractivity contribution in [3.63, 3.8) is 0 Å². The first kappa shape index (κ1) is 25.4. The average molecular weight is 515 g/mol. The van der Waals surface area contributed by atoms with Crippen LogP contribution in [0.15, 0.2) is 102 Å². The Kier molecular flexibility index (Phi) is 8.18. The zero-order valence-corrected chi connectivity index (χ0v) is 21.2. The van der Waals surface area contributed by atoms with Gasteiger partial charge in [-0.2, -0.15) is 4.73 Å². The van der Waals surface area contributed by atoms with E-state index >= 15 is 0 Å². The summed E-state index contributed by atoms with van der Waals surface area (Å²) in [5.41, 5.74) is 11.9. The summed E-state index contributed by atoms with van der Waals surface area (Å²) in [6, 6.07) is 29.7. The summed E-state index contributed by atoms with van der Waals surface area (Å²) in [6.07, 6.45) is 1.34. The van der Waals surface area contributed by atoms with E-state index in [1.54, 1.807) is 6.07 Å². The Morgan fingerprint density at radius 2 is 1.65 bits per heavy atom. The number of hydrogen-bond donors (Lipinski definition) is 2. The predicted molar refractivity (Wildman–Crippen MR) is 144 cm³/mol. The molecule has 5 rings (SSSR count). The fourth-order valence-corrected chi connectivity index (χ4v) is 5.37. The number of aromatic nitrogens is 1. The molecule has 1 fully saturated rings. The van der Waals surface area contributed by atoms with E-state index in [0.29, 0.717) is 23.7 Å². The number of hydrogen-bond acceptors (Lipinski definition) is 6. The lowest BCUT2D eigenvalue weighted by Gasteiger charge is -2.36. The van der Waals surface area contributed by atoms with Crippen LogP contribution in [0.25, 0.3) is 11.1 Å². The molecule has 2 heterocycles. The molecule has 1 aliphatic heterocycles. The Balaban J connectivity index is 1.37. The molecule has 0 saturated carbocycles. The highest BCUT2D eigenvalue weighted by molar-refractivity contribution is 7.99. The van der Waals surface area contributed by atoms with E-state index in [4.69, 9.17) is 15.2 Å². The van der Waals surface area contributed by atoms with E-state index in [2.05, 4.69) is 24.3 Å². The molecule has 3 atom stereocenters. The minimum atomic E-state index is -0.540. The highest BCUT2D eigenvalue weighted by Crippen LogP contribution is 2.39. The third-order valence-electron chi connectivity index (χ3n) is 6.50. The van der Waals surface area contributed by atoms with Gasteiger partial charge >= 0.3 is 0 Å². The molecule has 4 aromatic rings. The van der Waals surface area contributed by atoms with Crippen LogP contribution < -0.4 is 10.5 Å². The van der Waals surface area contributed by atoms with Crippen molar-refractivity contribution in [2.75, 3.05) is 5.75 Å². The van der Waals surface area contributed by atoms with Crippen LogP contribution in [0.3, 0.4) is 0 Å². The second-order valence-electron chi connectivity index (χ2n) is 9.05. The number of benzene rings is 3. The zero-order chi connectivity index (χ0) is 25.6. The van der Waals surface area contributed by atoms with Crippen molar-refractivity contribution < 1.29 is 19.3 Å². The fraction of sp³-hybridized carbons (Fsp3) is 0.233. The first-order valence-corrected chi connectivity index (χ1v) is 13.3. The monoisotopic (exact) mass is 514 g/mol. The van der Waals surface area contributed by atoms with Gasteiger partial charge in [0.1, 0.15) is 0 Å². The molecule has 0 bridgehead atoms. The Morgan fingerprint density at radius 3 is 2.38 bits per heavy atom. The van der Waals surface area contributed by atoms with Crippen LogP contribution >= 0.6 is 11.8 Å². The van der Waals surface area contributed by atoms with Gasteiger partial charge in [-0.25, -0.2) is 0 Å². The fourth-order valence-electron chi connectivity index (χ4n) is 4.44. The molecule has 0 aliphatic carbocycles. The summed E-state index contributed by atoms with van der Waals surface area (Å²) in [4.78, 5) is 0. The SMILES string of the molecule is NCc1cccc(-c2ccc([C@H]3O[C@@H](CSc4cccc[n+]4[O-])C[C@@H](c4ccc(CO)cc4)O3)cc2)c1. The number of nitrogens with zero attached hydrogens (tertiary/aromatic N) is 1. The number of pyridine rings is 1. The van der Waals surface area contributed by atoms with Gasteiger partial charge in [0.15, 0.2) is 12.5 Å². The van der Waals surface area contributed by atoms with Gasteiger partial charge in [0.05, 0.1) is 18.8 Å². The molecule has 0 radical (unpaired) electrons. The second-order valence-corrected chi connectivity index (χ2v) is 10.1. The van der Waals surface area contributed by atoms with Crippen LogP contribution in [0.1, 0.15) is 41.1 Å². The Morgan fingerprint density at radius 1 is 0.865 bits per heavy atom. The van der Waals surface area contributed by atoms with Crippen molar-refractivity contribution in [3.05, 3.63) is 125 Å². The molecular weight excluding hydrogens is 484 g/mol. The molecule has 3 aromatic carbocycles. The number of thioether (sulfide) groups is 1. The maximum atomic E-state index is 12.1. The molecule has 1 aliphatic rings. The van der Waals surface area contributed by atoms with E-state index in [1.807, 2.05) is 60.7 Å². The molecule has 1 aromatic heterocycles. The van der Waals surface area contributed by atoms with Crippen molar-refractivity contribution >= 4 is 11.8 Å². The first-order valence-electron chi connectivity index (χ1n) is 12.3. The average Bonchev–Trinajstić information content (AvgIpc) is 2.97. The largest absolute Gasteiger partial charge is 0.618 e. The molecule has 1 saturated heterocycles. The predicted octanol–water partition coefficient (Wildman–Crippen LogP) is 5.28. The lowest BCUT2D eigenvalue weighted by atomic mass is 9.99. The topological polar surface area (TPSA) is 91.7 Å². The second kappa shape index (κ2) is 11.9. The highest BCUT2D eigenvalue weighted by atomic mass is 32.2. The van der Waals surface area contributed by atoms with Crippen LogP contribution in [-0.4, -0.2) is 17.0 Å². The van der Waals surface area contributed by atoms with E-state index < -0.39 is 6.29 Å². The number of ether oxygens (including phenoxy) is 2. The number of aliphatic hydroxyl groups excluding tert-OH is 1. The molecule has 0 unspecified atom stereocenters.